The van der Waals surface area contributed by atoms with E-state index in [1.807, 2.05) is 6.20 Å². The number of phenols is 1. The minimum Gasteiger partial charge on any atom is -0.507 e. The Bertz CT molecular complexity index is 2880. The van der Waals surface area contributed by atoms with Gasteiger partial charge < -0.3 is 5.11 Å². The third-order valence-electron chi connectivity index (χ3n) is 11.6. The van der Waals surface area contributed by atoms with E-state index in [0.717, 1.165) is 78.0 Å². The first-order valence-corrected chi connectivity index (χ1v) is 21.0. The average Bonchev–Trinajstić information content (AvgIpc) is 3.60. The van der Waals surface area contributed by atoms with Crippen LogP contribution in [-0.2, 0) is 37.3 Å². The Morgan fingerprint density at radius 2 is 1.20 bits per heavy atom. The van der Waals surface area contributed by atoms with Crippen molar-refractivity contribution in [1.29, 1.82) is 0 Å². The van der Waals surface area contributed by atoms with Crippen LogP contribution in [0.3, 0.4) is 0 Å². The second-order valence-corrected chi connectivity index (χ2v) is 19.5. The zero-order chi connectivity index (χ0) is 42.7. The molecule has 6 aromatic carbocycles. The van der Waals surface area contributed by atoms with E-state index in [1.165, 1.54) is 11.1 Å². The Hall–Kier alpha value is -5.57. The fraction of sp³-hybridized carbons (Fsp3) is 0.250. The quantitative estimate of drug-likeness (QED) is 0.169. The zero-order valence-electron chi connectivity index (χ0n) is 37.3. The van der Waals surface area contributed by atoms with Gasteiger partial charge in [-0.3, -0.25) is 9.55 Å². The van der Waals surface area contributed by atoms with E-state index in [1.54, 1.807) is 0 Å². The first-order valence-electron chi connectivity index (χ1n) is 21.0. The van der Waals surface area contributed by atoms with Crippen LogP contribution in [0.1, 0.15) is 90.1 Å². The van der Waals surface area contributed by atoms with Gasteiger partial charge in [-0.15, -0.1) is 29.3 Å². The number of aromatic nitrogens is 3. The standard InChI is InChI=1S/C56H56N3O.Pt/c1-35-20-22-38(23-21-35)39-24-25-57-49(32-39)42-28-41(29-43(30-42)54(3,4)5)46-18-15-19-50-51(46)58-53(47-33-44(55(6,7)8)34-48(52(47)60)56(9,10)11)59(50)45-27-36(2)26-40(31-45)37-16-13-12-14-17-37;/h12-27,29-34,60H,1-11H3;/q-1;. The van der Waals surface area contributed by atoms with Crippen molar-refractivity contribution in [2.24, 2.45) is 0 Å². The number of rotatable bonds is 6. The summed E-state index contributed by atoms with van der Waals surface area (Å²) >= 11 is 0. The SMILES string of the molecule is Cc1ccc(-c2ccnc(-c3[c-]c(-c4cccc5c4nc(-c4cc(C(C)(C)C)cc(C(C)(C)C)c4O)n5-c4cc(C)cc(-c5ccccc5)c4)cc(C(C)(C)C)c3)c2)cc1.[Pt]. The van der Waals surface area contributed by atoms with Crippen LogP contribution in [0.5, 0.6) is 5.75 Å². The van der Waals surface area contributed by atoms with Gasteiger partial charge in [0.05, 0.1) is 16.6 Å². The number of aryl methyl sites for hydroxylation is 2. The van der Waals surface area contributed by atoms with Gasteiger partial charge in [0, 0.05) is 44.2 Å². The van der Waals surface area contributed by atoms with Gasteiger partial charge in [-0.25, -0.2) is 4.98 Å². The minimum atomic E-state index is -0.310. The Morgan fingerprint density at radius 3 is 1.87 bits per heavy atom. The first kappa shape index (κ1) is 43.5. The third kappa shape index (κ3) is 8.79. The summed E-state index contributed by atoms with van der Waals surface area (Å²) < 4.78 is 2.24. The molecular formula is C56H56N3OPt-. The molecule has 0 aliphatic carbocycles. The van der Waals surface area contributed by atoms with E-state index < -0.39 is 0 Å². The van der Waals surface area contributed by atoms with Crippen LogP contribution in [0.4, 0.5) is 0 Å². The van der Waals surface area contributed by atoms with Crippen LogP contribution < -0.4 is 0 Å². The van der Waals surface area contributed by atoms with E-state index in [0.29, 0.717) is 11.4 Å². The maximum atomic E-state index is 12.4. The summed E-state index contributed by atoms with van der Waals surface area (Å²) in [5, 5.41) is 12.4. The van der Waals surface area contributed by atoms with Crippen LogP contribution in [0.2, 0.25) is 0 Å². The minimum absolute atomic E-state index is 0. The van der Waals surface area contributed by atoms with Crippen molar-refractivity contribution in [3.8, 4) is 67.5 Å². The number of pyridine rings is 1. The average molecular weight is 982 g/mol. The largest absolute Gasteiger partial charge is 0.507 e. The topological polar surface area (TPSA) is 50.9 Å². The Labute approximate surface area is 377 Å². The molecule has 312 valence electrons. The van der Waals surface area contributed by atoms with E-state index in [-0.39, 0.29) is 43.1 Å². The first-order chi connectivity index (χ1) is 28.3. The van der Waals surface area contributed by atoms with Crippen LogP contribution in [0.15, 0.2) is 134 Å². The molecule has 61 heavy (non-hydrogen) atoms. The molecule has 1 N–H and O–H groups in total. The summed E-state index contributed by atoms with van der Waals surface area (Å²) in [6.45, 7) is 24.2. The second-order valence-electron chi connectivity index (χ2n) is 19.5. The van der Waals surface area contributed by atoms with Crippen molar-refractivity contribution in [3.05, 3.63) is 167 Å². The molecule has 0 aliphatic heterocycles. The molecule has 2 heterocycles. The van der Waals surface area contributed by atoms with Crippen molar-refractivity contribution in [3.63, 3.8) is 0 Å². The summed E-state index contributed by atoms with van der Waals surface area (Å²) in [7, 11) is 0. The van der Waals surface area contributed by atoms with Crippen molar-refractivity contribution in [2.75, 3.05) is 0 Å². The molecule has 0 fully saturated rings. The molecule has 0 aliphatic rings. The normalized spacial score (nSPS) is 12.1. The number of phenolic OH excluding ortho intramolecular Hbond substituents is 1. The smallest absolute Gasteiger partial charge is 0.148 e. The number of aromatic hydroxyl groups is 1. The molecule has 0 atom stereocenters. The Morgan fingerprint density at radius 1 is 0.541 bits per heavy atom. The van der Waals surface area contributed by atoms with E-state index >= 15 is 0 Å². The molecule has 0 unspecified atom stereocenters. The summed E-state index contributed by atoms with van der Waals surface area (Å²) in [4.78, 5) is 10.5. The van der Waals surface area contributed by atoms with Crippen molar-refractivity contribution < 1.29 is 26.2 Å². The van der Waals surface area contributed by atoms with Gasteiger partial charge >= 0.3 is 0 Å². The van der Waals surface area contributed by atoms with Gasteiger partial charge in [0.15, 0.2) is 0 Å². The summed E-state index contributed by atoms with van der Waals surface area (Å²) in [6.07, 6.45) is 1.89. The predicted molar refractivity (Wildman–Crippen MR) is 252 cm³/mol. The molecule has 2 aromatic heterocycles. The van der Waals surface area contributed by atoms with Crippen molar-refractivity contribution >= 4 is 11.0 Å². The van der Waals surface area contributed by atoms with Gasteiger partial charge in [0.1, 0.15) is 11.6 Å². The van der Waals surface area contributed by atoms with Crippen LogP contribution in [0, 0.1) is 19.9 Å². The Kier molecular flexibility index (Phi) is 11.7. The second kappa shape index (κ2) is 16.4. The summed E-state index contributed by atoms with van der Waals surface area (Å²) in [6, 6.07) is 49.1. The summed E-state index contributed by atoms with van der Waals surface area (Å²) in [5.41, 5.74) is 16.7. The van der Waals surface area contributed by atoms with Gasteiger partial charge in [0.2, 0.25) is 0 Å². The van der Waals surface area contributed by atoms with Gasteiger partial charge in [-0.2, -0.15) is 0 Å². The number of fused-ring (bicyclic) bond motifs is 1. The van der Waals surface area contributed by atoms with Crippen molar-refractivity contribution in [1.82, 2.24) is 14.5 Å². The molecule has 0 radical (unpaired) electrons. The maximum absolute atomic E-state index is 12.4. The molecular weight excluding hydrogens is 926 g/mol. The van der Waals surface area contributed by atoms with E-state index in [9.17, 15) is 5.11 Å². The zero-order valence-corrected chi connectivity index (χ0v) is 39.6. The van der Waals surface area contributed by atoms with Crippen LogP contribution in [-0.4, -0.2) is 19.6 Å². The molecule has 0 saturated heterocycles. The third-order valence-corrected chi connectivity index (χ3v) is 11.6. The van der Waals surface area contributed by atoms with Crippen LogP contribution >= 0.6 is 0 Å². The molecule has 0 spiro atoms. The molecule has 8 rings (SSSR count). The number of para-hydroxylation sites is 1. The molecule has 4 nitrogen and oxygen atoms in total. The number of benzene rings is 6. The molecule has 5 heteroatoms. The maximum Gasteiger partial charge on any atom is 0.148 e. The van der Waals surface area contributed by atoms with Gasteiger partial charge in [0.25, 0.3) is 0 Å². The number of hydrogen-bond donors (Lipinski definition) is 1. The molecule has 0 saturated carbocycles. The van der Waals surface area contributed by atoms with E-state index in [4.69, 9.17) is 9.97 Å². The molecule has 0 amide bonds. The van der Waals surface area contributed by atoms with Gasteiger partial charge in [-0.05, 0) is 93.8 Å². The van der Waals surface area contributed by atoms with E-state index in [2.05, 4.69) is 214 Å². The van der Waals surface area contributed by atoms with Gasteiger partial charge in [-0.1, -0.05) is 164 Å². The number of hydrogen-bond acceptors (Lipinski definition) is 3. The number of imidazole rings is 1. The Balaban J connectivity index is 0.00000561. The molecule has 0 bridgehead atoms. The predicted octanol–water partition coefficient (Wildman–Crippen LogP) is 14.8. The van der Waals surface area contributed by atoms with Crippen molar-refractivity contribution in [2.45, 2.75) is 92.4 Å². The fourth-order valence-electron chi connectivity index (χ4n) is 8.05. The fourth-order valence-corrected chi connectivity index (χ4v) is 8.05. The molecule has 8 aromatic rings. The van der Waals surface area contributed by atoms with Crippen LogP contribution in [0.25, 0.3) is 72.7 Å². The monoisotopic (exact) mass is 981 g/mol. The summed E-state index contributed by atoms with van der Waals surface area (Å²) in [5.74, 6) is 0.948. The number of nitrogens with zero attached hydrogens (tertiary/aromatic N) is 3.